The summed E-state index contributed by atoms with van der Waals surface area (Å²) in [6.45, 7) is 4.12. The molecule has 2 unspecified atom stereocenters. The minimum absolute atomic E-state index is 0.0108. The molecule has 9 nitrogen and oxygen atoms in total. The molecule has 0 aromatic rings. The number of phosphoric ester groups is 1. The van der Waals surface area contributed by atoms with E-state index in [0.29, 0.717) is 23.9 Å². The van der Waals surface area contributed by atoms with E-state index in [1.54, 1.807) is 0 Å². The Bertz CT molecular complexity index is 2240. The number of phosphoric acid groups is 1. The van der Waals surface area contributed by atoms with Gasteiger partial charge in [0, 0.05) is 12.8 Å². The first-order chi connectivity index (χ1) is 43.0. The second-order valence-electron chi connectivity index (χ2n) is 22.7. The van der Waals surface area contributed by atoms with Gasteiger partial charge in [0.15, 0.2) is 6.10 Å². The van der Waals surface area contributed by atoms with Crippen molar-refractivity contribution in [1.29, 1.82) is 0 Å². The summed E-state index contributed by atoms with van der Waals surface area (Å²) < 4.78 is 34.6. The van der Waals surface area contributed by atoms with Crippen LogP contribution in [0.15, 0.2) is 207 Å². The van der Waals surface area contributed by atoms with Crippen LogP contribution < -0.4 is 0 Å². The largest absolute Gasteiger partial charge is 0.472 e. The summed E-state index contributed by atoms with van der Waals surface area (Å²) in [6.07, 6.45) is 105. The standard InChI is InChI=1S/C78H122NO8P/c1-6-8-10-12-14-16-18-20-22-24-26-28-30-32-34-36-38-39-41-42-44-46-48-50-52-54-56-58-60-62-64-66-68-70-77(80)84-74-76(75-86-88(82,83)85-73-72-79(3,4)5)87-78(81)71-69-67-65-63-61-59-57-55-53-51-49-47-45-43-40-37-35-33-31-29-27-25-23-21-19-17-15-13-11-9-7-2/h8-11,14-17,20-23,26-29,32-35,38-40,42-44,47-50,53,55,59,61,76H,6-7,12-13,18-19,24-25,30-31,36-37,41,45-46,51-52,54,56-58,60,62-75H2,1-5H3/p+1/b10-8-,11-9-,16-14-,17-15-,22-20-,23-21-,28-26-,29-27-,34-32-,35-33-,39-38-,43-40-,44-42-,49-47-,50-48-,55-53-,61-59-. The van der Waals surface area contributed by atoms with E-state index in [1.165, 1.54) is 25.7 Å². The Hall–Kier alpha value is -5.41. The zero-order valence-corrected chi connectivity index (χ0v) is 56.8. The maximum absolute atomic E-state index is 12.9. The maximum Gasteiger partial charge on any atom is 0.472 e. The monoisotopic (exact) mass is 1230 g/mol. The topological polar surface area (TPSA) is 108 Å². The molecule has 0 aliphatic carbocycles. The minimum atomic E-state index is -4.42. The summed E-state index contributed by atoms with van der Waals surface area (Å²) in [7, 11) is 1.42. The maximum atomic E-state index is 12.9. The van der Waals surface area contributed by atoms with E-state index in [4.69, 9.17) is 18.5 Å². The second kappa shape index (κ2) is 66.0. The van der Waals surface area contributed by atoms with E-state index >= 15 is 0 Å². The molecule has 0 saturated carbocycles. The summed E-state index contributed by atoms with van der Waals surface area (Å²) in [4.78, 5) is 35.8. The number of carbonyl (C=O) groups excluding carboxylic acids is 2. The van der Waals surface area contributed by atoms with Crippen LogP contribution in [0.5, 0.6) is 0 Å². The van der Waals surface area contributed by atoms with Crippen molar-refractivity contribution in [1.82, 2.24) is 0 Å². The third-order valence-electron chi connectivity index (χ3n) is 13.3. The Morgan fingerprint density at radius 2 is 0.614 bits per heavy atom. The van der Waals surface area contributed by atoms with Crippen LogP contribution >= 0.6 is 7.82 Å². The van der Waals surface area contributed by atoms with E-state index in [2.05, 4.69) is 220 Å². The van der Waals surface area contributed by atoms with Crippen LogP contribution in [0.2, 0.25) is 0 Å². The average Bonchev–Trinajstić information content (AvgIpc) is 3.68. The Morgan fingerprint density at radius 3 is 0.920 bits per heavy atom. The zero-order valence-electron chi connectivity index (χ0n) is 55.9. The van der Waals surface area contributed by atoms with Crippen molar-refractivity contribution < 1.29 is 42.1 Å². The highest BCUT2D eigenvalue weighted by Crippen LogP contribution is 2.43. The molecule has 0 aromatic heterocycles. The van der Waals surface area contributed by atoms with Gasteiger partial charge in [-0.3, -0.25) is 18.6 Å². The number of allylic oxidation sites excluding steroid dienone is 34. The Morgan fingerprint density at radius 1 is 0.352 bits per heavy atom. The van der Waals surface area contributed by atoms with Gasteiger partial charge in [-0.25, -0.2) is 4.57 Å². The van der Waals surface area contributed by atoms with Crippen molar-refractivity contribution >= 4 is 19.8 Å². The van der Waals surface area contributed by atoms with E-state index in [0.717, 1.165) is 154 Å². The van der Waals surface area contributed by atoms with Gasteiger partial charge in [-0.2, -0.15) is 0 Å². The highest BCUT2D eigenvalue weighted by atomic mass is 31.2. The molecule has 88 heavy (non-hydrogen) atoms. The number of hydrogen-bond acceptors (Lipinski definition) is 7. The van der Waals surface area contributed by atoms with Gasteiger partial charge in [0.25, 0.3) is 0 Å². The lowest BCUT2D eigenvalue weighted by atomic mass is 10.1. The molecule has 0 radical (unpaired) electrons. The molecular formula is C78H123NO8P+. The average molecular weight is 1230 g/mol. The highest BCUT2D eigenvalue weighted by molar-refractivity contribution is 7.47. The lowest BCUT2D eigenvalue weighted by Crippen LogP contribution is -2.37. The first kappa shape index (κ1) is 82.6. The molecule has 10 heteroatoms. The summed E-state index contributed by atoms with van der Waals surface area (Å²) in [5, 5.41) is 0. The molecule has 0 saturated heterocycles. The SMILES string of the molecule is CC/C=C\C/C=C\C/C=C\C/C=C\C/C=C\C/C=C\C/C=C\C/C=C\C/C=C\CCCCCC(=O)OC(COC(=O)CCCCCCCCCC/C=C\C/C=C\C/C=C\C/C=C\C/C=C\C/C=C\C/C=C\C/C=C\CC)COP(=O)(O)OCC[N+](C)(C)C. The molecule has 0 rings (SSSR count). The number of rotatable bonds is 59. The van der Waals surface area contributed by atoms with Crippen molar-refractivity contribution in [3.8, 4) is 0 Å². The number of likely N-dealkylation sites (N-methyl/N-ethyl adjacent to an activating group) is 1. The molecule has 0 aliphatic rings. The number of nitrogens with zero attached hydrogens (tertiary/aromatic N) is 1. The minimum Gasteiger partial charge on any atom is -0.462 e. The van der Waals surface area contributed by atoms with Crippen molar-refractivity contribution in [2.24, 2.45) is 0 Å². The number of hydrogen-bond donors (Lipinski definition) is 1. The van der Waals surface area contributed by atoms with Gasteiger partial charge >= 0.3 is 19.8 Å². The zero-order chi connectivity index (χ0) is 64.1. The number of ether oxygens (including phenoxy) is 2. The molecule has 2 atom stereocenters. The van der Waals surface area contributed by atoms with Gasteiger partial charge in [0.05, 0.1) is 27.7 Å². The molecule has 0 heterocycles. The third kappa shape index (κ3) is 69.7. The van der Waals surface area contributed by atoms with Gasteiger partial charge in [-0.15, -0.1) is 0 Å². The molecule has 492 valence electrons. The van der Waals surface area contributed by atoms with Crippen molar-refractivity contribution in [3.05, 3.63) is 207 Å². The number of quaternary nitrogens is 1. The van der Waals surface area contributed by atoms with Crippen molar-refractivity contribution in [3.63, 3.8) is 0 Å². The fourth-order valence-electron chi connectivity index (χ4n) is 8.20. The molecule has 0 bridgehead atoms. The molecule has 0 amide bonds. The molecule has 0 fully saturated rings. The van der Waals surface area contributed by atoms with Crippen LogP contribution in [0.25, 0.3) is 0 Å². The third-order valence-corrected chi connectivity index (χ3v) is 14.3. The summed E-state index contributed by atoms with van der Waals surface area (Å²) in [6, 6.07) is 0. The molecule has 1 N–H and O–H groups in total. The molecule has 0 aromatic carbocycles. The number of esters is 2. The van der Waals surface area contributed by atoms with Crippen molar-refractivity contribution in [2.75, 3.05) is 47.5 Å². The Balaban J connectivity index is 4.26. The van der Waals surface area contributed by atoms with Crippen LogP contribution in [0.1, 0.15) is 219 Å². The van der Waals surface area contributed by atoms with Crippen LogP contribution in [-0.2, 0) is 32.7 Å². The lowest BCUT2D eigenvalue weighted by Gasteiger charge is -2.24. The number of unbranched alkanes of at least 4 members (excludes halogenated alkanes) is 11. The Kier molecular flexibility index (Phi) is 62.0. The van der Waals surface area contributed by atoms with Crippen LogP contribution in [-0.4, -0.2) is 74.9 Å². The smallest absolute Gasteiger partial charge is 0.462 e. The van der Waals surface area contributed by atoms with Gasteiger partial charge in [0.2, 0.25) is 0 Å². The van der Waals surface area contributed by atoms with Crippen molar-refractivity contribution in [2.45, 2.75) is 225 Å². The lowest BCUT2D eigenvalue weighted by molar-refractivity contribution is -0.870. The molecule has 0 spiro atoms. The van der Waals surface area contributed by atoms with E-state index < -0.39 is 32.5 Å². The second-order valence-corrected chi connectivity index (χ2v) is 24.2. The van der Waals surface area contributed by atoms with Crippen LogP contribution in [0.3, 0.4) is 0 Å². The van der Waals surface area contributed by atoms with Crippen LogP contribution in [0.4, 0.5) is 0 Å². The van der Waals surface area contributed by atoms with E-state index in [-0.39, 0.29) is 26.1 Å². The first-order valence-corrected chi connectivity index (χ1v) is 35.3. The molecule has 0 aliphatic heterocycles. The quantitative estimate of drug-likeness (QED) is 0.0211. The van der Waals surface area contributed by atoms with Gasteiger partial charge in [0.1, 0.15) is 19.8 Å². The molecular weight excluding hydrogens is 1110 g/mol. The van der Waals surface area contributed by atoms with Gasteiger partial charge < -0.3 is 18.9 Å². The normalized spacial score (nSPS) is 14.5. The number of carbonyl (C=O) groups is 2. The predicted molar refractivity (Wildman–Crippen MR) is 380 cm³/mol. The van der Waals surface area contributed by atoms with E-state index in [1.807, 2.05) is 21.1 Å². The summed E-state index contributed by atoms with van der Waals surface area (Å²) in [5.41, 5.74) is 0. The first-order valence-electron chi connectivity index (χ1n) is 33.8. The van der Waals surface area contributed by atoms with E-state index in [9.17, 15) is 19.0 Å². The summed E-state index contributed by atoms with van der Waals surface area (Å²) >= 11 is 0. The fraction of sp³-hybridized carbons (Fsp3) is 0.538. The fourth-order valence-corrected chi connectivity index (χ4v) is 8.94. The van der Waals surface area contributed by atoms with Gasteiger partial charge in [-0.05, 0) is 148 Å². The van der Waals surface area contributed by atoms with Gasteiger partial charge in [-0.1, -0.05) is 265 Å². The summed E-state index contributed by atoms with van der Waals surface area (Å²) in [5.74, 6) is -0.864. The Labute approximate surface area is 538 Å². The highest BCUT2D eigenvalue weighted by Gasteiger charge is 2.27. The predicted octanol–water partition coefficient (Wildman–Crippen LogP) is 22.3. The van der Waals surface area contributed by atoms with Crippen LogP contribution in [0, 0.1) is 0 Å².